The number of aromatic nitrogens is 1. The van der Waals surface area contributed by atoms with Gasteiger partial charge in [0.05, 0.1) is 6.10 Å². The molecule has 1 unspecified atom stereocenters. The van der Waals surface area contributed by atoms with Gasteiger partial charge in [-0.3, -0.25) is 0 Å². The summed E-state index contributed by atoms with van der Waals surface area (Å²) in [4.78, 5) is 0. The maximum absolute atomic E-state index is 10.4. The van der Waals surface area contributed by atoms with Crippen molar-refractivity contribution in [3.63, 3.8) is 0 Å². The topological polar surface area (TPSA) is 25.2 Å². The van der Waals surface area contributed by atoms with Crippen LogP contribution in [0.25, 0.3) is 0 Å². The first-order valence-corrected chi connectivity index (χ1v) is 8.25. The van der Waals surface area contributed by atoms with E-state index < -0.39 is 0 Å². The van der Waals surface area contributed by atoms with Crippen LogP contribution in [0.4, 0.5) is 0 Å². The average molecular weight is 275 g/mol. The van der Waals surface area contributed by atoms with Gasteiger partial charge in [-0.15, -0.1) is 0 Å². The molecule has 112 valence electrons. The highest BCUT2D eigenvalue weighted by Gasteiger charge is 2.35. The van der Waals surface area contributed by atoms with E-state index in [9.17, 15) is 5.11 Å². The molecule has 1 N–H and O–H groups in total. The van der Waals surface area contributed by atoms with E-state index >= 15 is 0 Å². The van der Waals surface area contributed by atoms with Crippen molar-refractivity contribution in [3.8, 4) is 0 Å². The van der Waals surface area contributed by atoms with E-state index in [4.69, 9.17) is 0 Å². The Morgan fingerprint density at radius 3 is 2.60 bits per heavy atom. The Kier molecular flexibility index (Phi) is 3.48. The molecule has 2 aliphatic carbocycles. The minimum absolute atomic E-state index is 0.218. The van der Waals surface area contributed by atoms with Crippen molar-refractivity contribution >= 4 is 0 Å². The summed E-state index contributed by atoms with van der Waals surface area (Å²) in [5.41, 5.74) is 3.25. The third-order valence-corrected chi connectivity index (χ3v) is 5.48. The van der Waals surface area contributed by atoms with Gasteiger partial charge in [-0.25, -0.2) is 0 Å². The van der Waals surface area contributed by atoms with Gasteiger partial charge >= 0.3 is 0 Å². The lowest BCUT2D eigenvalue weighted by Crippen LogP contribution is -2.30. The van der Waals surface area contributed by atoms with Crippen molar-refractivity contribution in [1.29, 1.82) is 0 Å². The fourth-order valence-corrected chi connectivity index (χ4v) is 4.31. The fourth-order valence-electron chi connectivity index (χ4n) is 4.31. The van der Waals surface area contributed by atoms with Crippen molar-refractivity contribution in [2.45, 2.75) is 78.4 Å². The van der Waals surface area contributed by atoms with E-state index in [0.717, 1.165) is 19.4 Å². The van der Waals surface area contributed by atoms with E-state index in [2.05, 4.69) is 37.6 Å². The first-order valence-electron chi connectivity index (χ1n) is 8.25. The van der Waals surface area contributed by atoms with E-state index in [0.29, 0.717) is 5.41 Å². The zero-order chi connectivity index (χ0) is 14.4. The highest BCUT2D eigenvalue weighted by Crippen LogP contribution is 2.43. The van der Waals surface area contributed by atoms with Crippen LogP contribution in [-0.4, -0.2) is 9.67 Å². The molecule has 3 rings (SSSR count). The van der Waals surface area contributed by atoms with Crippen LogP contribution in [-0.2, 0) is 13.0 Å². The standard InChI is InChI=1S/C18H29NO/c1-17(2)11-15-14(16(20)12-17)7-10-19(15)13-18(3)8-5-4-6-9-18/h7,10,16,20H,4-6,8-9,11-13H2,1-3H3. The van der Waals surface area contributed by atoms with Gasteiger partial charge in [0.15, 0.2) is 0 Å². The van der Waals surface area contributed by atoms with Gasteiger partial charge in [0, 0.05) is 24.0 Å². The zero-order valence-corrected chi connectivity index (χ0v) is 13.3. The number of fused-ring (bicyclic) bond motifs is 1. The lowest BCUT2D eigenvalue weighted by Gasteiger charge is -2.37. The molecular formula is C18H29NO. The third kappa shape index (κ3) is 2.67. The molecular weight excluding hydrogens is 246 g/mol. The van der Waals surface area contributed by atoms with Crippen LogP contribution in [0.3, 0.4) is 0 Å². The average Bonchev–Trinajstić information content (AvgIpc) is 2.71. The molecule has 1 saturated carbocycles. The third-order valence-electron chi connectivity index (χ3n) is 5.48. The monoisotopic (exact) mass is 275 g/mol. The smallest absolute Gasteiger partial charge is 0.0812 e. The maximum atomic E-state index is 10.4. The predicted octanol–water partition coefficient (Wildman–Crippen LogP) is 4.46. The Morgan fingerprint density at radius 1 is 1.20 bits per heavy atom. The van der Waals surface area contributed by atoms with E-state index in [1.807, 2.05) is 0 Å². The van der Waals surface area contributed by atoms with Crippen LogP contribution in [0.15, 0.2) is 12.3 Å². The maximum Gasteiger partial charge on any atom is 0.0812 e. The summed E-state index contributed by atoms with van der Waals surface area (Å²) in [6.07, 6.45) is 10.8. The molecule has 1 heterocycles. The second-order valence-corrected chi connectivity index (χ2v) is 8.28. The molecule has 0 aromatic carbocycles. The van der Waals surface area contributed by atoms with Gasteiger partial charge in [0.2, 0.25) is 0 Å². The van der Waals surface area contributed by atoms with Crippen LogP contribution >= 0.6 is 0 Å². The summed E-state index contributed by atoms with van der Waals surface area (Å²) < 4.78 is 2.45. The molecule has 1 aromatic heterocycles. The van der Waals surface area contributed by atoms with Crippen LogP contribution < -0.4 is 0 Å². The molecule has 0 amide bonds. The molecule has 2 aliphatic rings. The predicted molar refractivity (Wildman–Crippen MR) is 82.7 cm³/mol. The molecule has 1 aromatic rings. The number of nitrogens with zero attached hydrogens (tertiary/aromatic N) is 1. The second kappa shape index (κ2) is 4.91. The largest absolute Gasteiger partial charge is 0.388 e. The Balaban J connectivity index is 1.85. The fraction of sp³-hybridized carbons (Fsp3) is 0.778. The molecule has 0 bridgehead atoms. The van der Waals surface area contributed by atoms with Crippen molar-refractivity contribution in [2.24, 2.45) is 10.8 Å². The van der Waals surface area contributed by atoms with Crippen LogP contribution in [0.1, 0.15) is 76.7 Å². The van der Waals surface area contributed by atoms with Crippen LogP contribution in [0.5, 0.6) is 0 Å². The summed E-state index contributed by atoms with van der Waals surface area (Å²) in [6, 6.07) is 2.15. The second-order valence-electron chi connectivity index (χ2n) is 8.28. The summed E-state index contributed by atoms with van der Waals surface area (Å²) in [5.74, 6) is 0. The van der Waals surface area contributed by atoms with Crippen molar-refractivity contribution < 1.29 is 5.11 Å². The van der Waals surface area contributed by atoms with E-state index in [-0.39, 0.29) is 11.5 Å². The molecule has 20 heavy (non-hydrogen) atoms. The van der Waals surface area contributed by atoms with E-state index in [1.54, 1.807) is 0 Å². The van der Waals surface area contributed by atoms with Crippen LogP contribution in [0, 0.1) is 10.8 Å². The van der Waals surface area contributed by atoms with Gasteiger partial charge < -0.3 is 9.67 Å². The first-order chi connectivity index (χ1) is 9.39. The molecule has 1 atom stereocenters. The normalized spacial score (nSPS) is 28.1. The van der Waals surface area contributed by atoms with Gasteiger partial charge in [-0.2, -0.15) is 0 Å². The molecule has 1 fully saturated rings. The first kappa shape index (κ1) is 14.2. The lowest BCUT2D eigenvalue weighted by molar-refractivity contribution is 0.0959. The number of hydrogen-bond acceptors (Lipinski definition) is 1. The lowest BCUT2D eigenvalue weighted by atomic mass is 9.74. The van der Waals surface area contributed by atoms with E-state index in [1.165, 1.54) is 43.4 Å². The number of aliphatic hydroxyl groups excluding tert-OH is 1. The summed E-state index contributed by atoms with van der Waals surface area (Å²) >= 11 is 0. The summed E-state index contributed by atoms with van der Waals surface area (Å²) in [5, 5.41) is 10.4. The van der Waals surface area contributed by atoms with Crippen molar-refractivity contribution in [3.05, 3.63) is 23.5 Å². The number of rotatable bonds is 2. The van der Waals surface area contributed by atoms with Crippen molar-refractivity contribution in [2.75, 3.05) is 0 Å². The van der Waals surface area contributed by atoms with Gasteiger partial charge in [-0.1, -0.05) is 40.0 Å². The Morgan fingerprint density at radius 2 is 1.90 bits per heavy atom. The molecule has 0 spiro atoms. The van der Waals surface area contributed by atoms with Crippen molar-refractivity contribution in [1.82, 2.24) is 4.57 Å². The molecule has 2 heteroatoms. The zero-order valence-electron chi connectivity index (χ0n) is 13.3. The highest BCUT2D eigenvalue weighted by atomic mass is 16.3. The Hall–Kier alpha value is -0.760. The van der Waals surface area contributed by atoms with Crippen LogP contribution in [0.2, 0.25) is 0 Å². The summed E-state index contributed by atoms with van der Waals surface area (Å²) in [7, 11) is 0. The molecule has 0 radical (unpaired) electrons. The molecule has 0 aliphatic heterocycles. The minimum atomic E-state index is -0.269. The minimum Gasteiger partial charge on any atom is -0.388 e. The molecule has 0 saturated heterocycles. The Bertz CT molecular complexity index is 480. The Labute approximate surface area is 123 Å². The van der Waals surface area contributed by atoms with Gasteiger partial charge in [-0.05, 0) is 42.6 Å². The summed E-state index contributed by atoms with van der Waals surface area (Å²) in [6.45, 7) is 8.13. The number of aliphatic hydroxyl groups is 1. The molecule has 2 nitrogen and oxygen atoms in total. The highest BCUT2D eigenvalue weighted by molar-refractivity contribution is 5.29. The number of hydrogen-bond donors (Lipinski definition) is 1. The SMILES string of the molecule is CC1(C)Cc2c(ccn2CC2(C)CCCCC2)C(O)C1. The van der Waals surface area contributed by atoms with Gasteiger partial charge in [0.25, 0.3) is 0 Å². The quantitative estimate of drug-likeness (QED) is 0.846. The van der Waals surface area contributed by atoms with Gasteiger partial charge in [0.1, 0.15) is 0 Å².